The van der Waals surface area contributed by atoms with Crippen molar-refractivity contribution >= 4 is 20.1 Å². The van der Waals surface area contributed by atoms with Crippen LogP contribution in [-0.4, -0.2) is 40.5 Å². The molecule has 1 aliphatic heterocycles. The summed E-state index contributed by atoms with van der Waals surface area (Å²) in [4.78, 5) is 0.220. The lowest BCUT2D eigenvalue weighted by atomic mass is 10.1. The molecule has 152 valence electrons. The number of piperidine rings is 1. The maximum atomic E-state index is 13.4. The van der Waals surface area contributed by atoms with Gasteiger partial charge < -0.3 is 0 Å². The van der Waals surface area contributed by atoms with Crippen LogP contribution in [0, 0.1) is 13.8 Å². The molecule has 0 atom stereocenters. The van der Waals surface area contributed by atoms with E-state index in [2.05, 4.69) is 0 Å². The predicted molar refractivity (Wildman–Crippen MR) is 107 cm³/mol. The highest BCUT2D eigenvalue weighted by molar-refractivity contribution is 7.87. The zero-order chi connectivity index (χ0) is 20.4. The fraction of sp³-hybridized carbons (Fsp3) is 0.400. The molecule has 0 spiro atoms. The number of rotatable bonds is 6. The Bertz CT molecular complexity index is 1020. The molecule has 0 aromatic heterocycles. The molecule has 0 unspecified atom stereocenters. The van der Waals surface area contributed by atoms with Crippen LogP contribution in [0.4, 0.5) is 0 Å². The number of quaternary nitrogens is 1. The van der Waals surface area contributed by atoms with Crippen molar-refractivity contribution in [1.29, 1.82) is 0 Å². The summed E-state index contributed by atoms with van der Waals surface area (Å²) in [5.41, 5.74) is 1.89. The van der Waals surface area contributed by atoms with E-state index in [1.54, 1.807) is 36.4 Å². The highest BCUT2D eigenvalue weighted by Gasteiger charge is 2.45. The largest absolute Gasteiger partial charge is 0.329 e. The van der Waals surface area contributed by atoms with Crippen molar-refractivity contribution in [2.24, 2.45) is 0 Å². The van der Waals surface area contributed by atoms with Crippen LogP contribution < -0.4 is 0 Å². The van der Waals surface area contributed by atoms with Gasteiger partial charge in [-0.1, -0.05) is 35.4 Å². The summed E-state index contributed by atoms with van der Waals surface area (Å²) in [6.45, 7) is 3.99. The molecule has 1 heterocycles. The van der Waals surface area contributed by atoms with Crippen molar-refractivity contribution < 1.29 is 24.9 Å². The molecule has 0 amide bonds. The molecule has 6 nitrogen and oxygen atoms in total. The molecular formula is C20H26NO5S2+. The second kappa shape index (κ2) is 7.94. The summed E-state index contributed by atoms with van der Waals surface area (Å²) in [5.74, 6) is 0. The fourth-order valence-electron chi connectivity index (χ4n) is 3.40. The van der Waals surface area contributed by atoms with E-state index in [0.717, 1.165) is 17.5 Å². The van der Waals surface area contributed by atoms with Crippen LogP contribution in [0.1, 0.15) is 30.4 Å². The lowest BCUT2D eigenvalue weighted by Crippen LogP contribution is -2.56. The number of sulfonamides is 1. The lowest BCUT2D eigenvalue weighted by Gasteiger charge is -2.38. The van der Waals surface area contributed by atoms with Crippen molar-refractivity contribution in [3.8, 4) is 0 Å². The third-order valence-corrected chi connectivity index (χ3v) is 8.84. The minimum Gasteiger partial charge on any atom is -0.211 e. The van der Waals surface area contributed by atoms with Gasteiger partial charge in [0.2, 0.25) is 6.73 Å². The van der Waals surface area contributed by atoms with E-state index < -0.39 is 30.8 Å². The Balaban J connectivity index is 1.91. The van der Waals surface area contributed by atoms with E-state index in [0.29, 0.717) is 25.9 Å². The summed E-state index contributed by atoms with van der Waals surface area (Å²) in [6.07, 6.45) is 2.34. The van der Waals surface area contributed by atoms with Crippen LogP contribution in [0.25, 0.3) is 0 Å². The van der Waals surface area contributed by atoms with Gasteiger partial charge in [0.15, 0.2) is 0 Å². The Morgan fingerprint density at radius 1 is 0.750 bits per heavy atom. The Labute approximate surface area is 167 Å². The third-order valence-electron chi connectivity index (χ3n) is 5.21. The van der Waals surface area contributed by atoms with Gasteiger partial charge in [0.05, 0.1) is 18.0 Å². The Morgan fingerprint density at radius 2 is 1.21 bits per heavy atom. The smallest absolute Gasteiger partial charge is 0.211 e. The highest BCUT2D eigenvalue weighted by atomic mass is 32.2. The molecule has 8 heteroatoms. The minimum atomic E-state index is -4.04. The number of hydrogen-bond acceptors (Lipinski definition) is 5. The van der Waals surface area contributed by atoms with Crippen LogP contribution in [0.15, 0.2) is 58.3 Å². The van der Waals surface area contributed by atoms with Crippen LogP contribution >= 0.6 is 0 Å². The molecule has 0 N–H and O–H groups in total. The average molecular weight is 425 g/mol. The van der Waals surface area contributed by atoms with E-state index in [9.17, 15) is 16.8 Å². The molecule has 0 aliphatic carbocycles. The molecule has 0 bridgehead atoms. The van der Waals surface area contributed by atoms with Crippen molar-refractivity contribution in [3.63, 3.8) is 0 Å². The summed E-state index contributed by atoms with van der Waals surface area (Å²) < 4.78 is 56.9. The van der Waals surface area contributed by atoms with Crippen LogP contribution in [0.3, 0.4) is 0 Å². The first-order chi connectivity index (χ1) is 13.2. The third kappa shape index (κ3) is 4.15. The molecule has 1 saturated heterocycles. The normalized spacial score (nSPS) is 17.4. The van der Waals surface area contributed by atoms with Gasteiger partial charge in [-0.2, -0.15) is 20.7 Å². The average Bonchev–Trinajstić information content (AvgIpc) is 2.68. The van der Waals surface area contributed by atoms with E-state index in [4.69, 9.17) is 4.18 Å². The summed E-state index contributed by atoms with van der Waals surface area (Å²) in [7, 11) is -7.85. The molecule has 28 heavy (non-hydrogen) atoms. The predicted octanol–water partition coefficient (Wildman–Crippen LogP) is 3.36. The molecule has 3 rings (SSSR count). The Hall–Kier alpha value is -1.74. The number of hydrogen-bond donors (Lipinski definition) is 0. The van der Waals surface area contributed by atoms with E-state index >= 15 is 0 Å². The Morgan fingerprint density at radius 3 is 1.71 bits per heavy atom. The number of benzene rings is 2. The monoisotopic (exact) mass is 424 g/mol. The molecule has 0 radical (unpaired) electrons. The molecule has 1 aliphatic rings. The minimum absolute atomic E-state index is 0.0287. The van der Waals surface area contributed by atoms with Crippen molar-refractivity contribution in [2.75, 3.05) is 19.8 Å². The quantitative estimate of drug-likeness (QED) is 0.525. The lowest BCUT2D eigenvalue weighted by molar-refractivity contribution is -0.829. The van der Waals surface area contributed by atoms with Gasteiger partial charge in [-0.3, -0.25) is 0 Å². The number of nitrogens with zero attached hydrogens (tertiary/aromatic N) is 1. The first kappa shape index (κ1) is 21.0. The van der Waals surface area contributed by atoms with E-state index in [1.807, 2.05) is 13.8 Å². The summed E-state index contributed by atoms with van der Waals surface area (Å²) in [5, 5.41) is 0. The summed E-state index contributed by atoms with van der Waals surface area (Å²) >= 11 is 0. The maximum absolute atomic E-state index is 13.4. The van der Waals surface area contributed by atoms with Crippen LogP contribution in [-0.2, 0) is 24.3 Å². The molecule has 0 saturated carbocycles. The topological polar surface area (TPSA) is 77.5 Å². The first-order valence-electron chi connectivity index (χ1n) is 9.30. The first-order valence-corrected chi connectivity index (χ1v) is 12.2. The second-order valence-electron chi connectivity index (χ2n) is 7.37. The second-order valence-corrected chi connectivity index (χ2v) is 11.2. The van der Waals surface area contributed by atoms with Crippen molar-refractivity contribution in [1.82, 2.24) is 0 Å². The fourth-order valence-corrected chi connectivity index (χ4v) is 6.27. The number of aryl methyl sites for hydroxylation is 2. The SMILES string of the molecule is Cc1ccc(S(=O)(=O)OC[N+]2(S(=O)(=O)c3ccc(C)cc3)CCCCC2)cc1. The van der Waals surface area contributed by atoms with Crippen molar-refractivity contribution in [2.45, 2.75) is 42.9 Å². The van der Waals surface area contributed by atoms with Crippen molar-refractivity contribution in [3.05, 3.63) is 59.7 Å². The van der Waals surface area contributed by atoms with Gasteiger partial charge in [0.1, 0.15) is 4.90 Å². The maximum Gasteiger partial charge on any atom is 0.329 e. The van der Waals surface area contributed by atoms with E-state index in [1.165, 1.54) is 12.1 Å². The van der Waals surface area contributed by atoms with Gasteiger partial charge >= 0.3 is 20.1 Å². The summed E-state index contributed by atoms with van der Waals surface area (Å²) in [6, 6.07) is 13.0. The Kier molecular flexibility index (Phi) is 5.95. The standard InChI is InChI=1S/C20H26NO5S2/c1-17-6-10-19(11-7-17)27(22,23)21(14-4-3-5-15-21)16-26-28(24,25)20-12-8-18(2)9-13-20/h6-13H,3-5,14-16H2,1-2H3/q+1. The zero-order valence-electron chi connectivity index (χ0n) is 16.2. The van der Waals surface area contributed by atoms with Crippen LogP contribution in [0.5, 0.6) is 0 Å². The zero-order valence-corrected chi connectivity index (χ0v) is 17.8. The van der Waals surface area contributed by atoms with Gasteiger partial charge in [-0.15, -0.1) is 0 Å². The van der Waals surface area contributed by atoms with Gasteiger partial charge in [-0.05, 0) is 57.4 Å². The molecular weight excluding hydrogens is 398 g/mol. The van der Waals surface area contributed by atoms with Gasteiger partial charge in [0, 0.05) is 0 Å². The van der Waals surface area contributed by atoms with E-state index in [-0.39, 0.29) is 9.79 Å². The highest BCUT2D eigenvalue weighted by Crippen LogP contribution is 2.30. The molecule has 2 aromatic rings. The van der Waals surface area contributed by atoms with Crippen LogP contribution in [0.2, 0.25) is 0 Å². The molecule has 2 aromatic carbocycles. The molecule has 1 fully saturated rings. The van der Waals surface area contributed by atoms with Gasteiger partial charge in [0.25, 0.3) is 0 Å². The number of likely N-dealkylation sites (tertiary alicyclic amines) is 1. The van der Waals surface area contributed by atoms with Gasteiger partial charge in [-0.25, -0.2) is 4.18 Å².